The van der Waals surface area contributed by atoms with E-state index in [2.05, 4.69) is 34.6 Å². The number of hydrogen-bond acceptors (Lipinski definition) is 4. The topological polar surface area (TPSA) is 71.8 Å². The van der Waals surface area contributed by atoms with Crippen LogP contribution < -0.4 is 10.6 Å². The van der Waals surface area contributed by atoms with Crippen LogP contribution in [0.3, 0.4) is 0 Å². The predicted molar refractivity (Wildman–Crippen MR) is 86.0 cm³/mol. The van der Waals surface area contributed by atoms with Crippen LogP contribution in [0.4, 0.5) is 0 Å². The summed E-state index contributed by atoms with van der Waals surface area (Å²) in [5, 5.41) is 11.5. The summed E-state index contributed by atoms with van der Waals surface area (Å²) < 4.78 is 1.91. The number of aryl methyl sites for hydroxylation is 1. The lowest BCUT2D eigenvalue weighted by Gasteiger charge is -2.27. The molecule has 2 N–H and O–H groups in total. The number of aromatic nitrogens is 3. The number of nitrogens with one attached hydrogen (secondary N) is 2. The molecule has 1 atom stereocenters. The van der Waals surface area contributed by atoms with Gasteiger partial charge < -0.3 is 10.6 Å². The molecule has 1 unspecified atom stereocenters. The number of fused-ring (bicyclic) bond motifs is 1. The fourth-order valence-electron chi connectivity index (χ4n) is 2.65. The second-order valence-corrected chi connectivity index (χ2v) is 6.13. The monoisotopic (exact) mass is 301 g/mol. The molecule has 118 valence electrons. The van der Waals surface area contributed by atoms with Crippen LogP contribution in [0.2, 0.25) is 0 Å². The third kappa shape index (κ3) is 2.70. The Labute approximate surface area is 130 Å². The first-order valence-electron chi connectivity index (χ1n) is 7.94. The van der Waals surface area contributed by atoms with Gasteiger partial charge in [0.15, 0.2) is 5.65 Å². The van der Waals surface area contributed by atoms with Crippen molar-refractivity contribution in [3.63, 3.8) is 0 Å². The highest BCUT2D eigenvalue weighted by Crippen LogP contribution is 2.22. The van der Waals surface area contributed by atoms with Gasteiger partial charge in [-0.3, -0.25) is 4.79 Å². The maximum atomic E-state index is 12.5. The molecule has 2 aromatic heterocycles. The zero-order chi connectivity index (χ0) is 15.7. The summed E-state index contributed by atoms with van der Waals surface area (Å²) in [5.74, 6) is 0.510. The highest BCUT2D eigenvalue weighted by Gasteiger charge is 2.20. The minimum atomic E-state index is -0.0360. The van der Waals surface area contributed by atoms with Crippen LogP contribution in [-0.4, -0.2) is 40.3 Å². The SMILES string of the molecule is CCC(C)n1ncc2c(C(=O)NCC3CNC3)cc(C)nc21. The Morgan fingerprint density at radius 3 is 2.95 bits per heavy atom. The molecule has 3 heterocycles. The molecule has 0 bridgehead atoms. The summed E-state index contributed by atoms with van der Waals surface area (Å²) in [6, 6.07) is 2.11. The molecule has 3 rings (SSSR count). The summed E-state index contributed by atoms with van der Waals surface area (Å²) in [6.07, 6.45) is 2.73. The molecular weight excluding hydrogens is 278 g/mol. The highest BCUT2D eigenvalue weighted by molar-refractivity contribution is 6.05. The predicted octanol–water partition coefficient (Wildman–Crippen LogP) is 1.66. The fourth-order valence-corrected chi connectivity index (χ4v) is 2.65. The van der Waals surface area contributed by atoms with Gasteiger partial charge in [-0.1, -0.05) is 6.92 Å². The number of nitrogens with zero attached hydrogens (tertiary/aromatic N) is 3. The molecule has 0 radical (unpaired) electrons. The van der Waals surface area contributed by atoms with Crippen molar-refractivity contribution in [1.82, 2.24) is 25.4 Å². The van der Waals surface area contributed by atoms with Gasteiger partial charge in [0, 0.05) is 31.2 Å². The molecule has 1 saturated heterocycles. The average Bonchev–Trinajstić information content (AvgIpc) is 2.87. The Kier molecular flexibility index (Phi) is 4.11. The zero-order valence-electron chi connectivity index (χ0n) is 13.4. The van der Waals surface area contributed by atoms with Gasteiger partial charge in [0.25, 0.3) is 5.91 Å². The molecule has 1 amide bonds. The molecule has 0 saturated carbocycles. The smallest absolute Gasteiger partial charge is 0.252 e. The largest absolute Gasteiger partial charge is 0.352 e. The summed E-state index contributed by atoms with van der Waals surface area (Å²) in [5.41, 5.74) is 2.31. The van der Waals surface area contributed by atoms with E-state index in [0.29, 0.717) is 18.0 Å². The van der Waals surface area contributed by atoms with E-state index < -0.39 is 0 Å². The first-order valence-corrected chi connectivity index (χ1v) is 7.94. The highest BCUT2D eigenvalue weighted by atomic mass is 16.1. The second kappa shape index (κ2) is 6.04. The van der Waals surface area contributed by atoms with E-state index in [-0.39, 0.29) is 11.9 Å². The summed E-state index contributed by atoms with van der Waals surface area (Å²) in [6.45, 7) is 8.83. The van der Waals surface area contributed by atoms with Gasteiger partial charge in [0.1, 0.15) is 0 Å². The van der Waals surface area contributed by atoms with E-state index >= 15 is 0 Å². The van der Waals surface area contributed by atoms with Gasteiger partial charge in [0.05, 0.1) is 23.2 Å². The molecule has 1 aliphatic heterocycles. The van der Waals surface area contributed by atoms with Crippen LogP contribution in [0.5, 0.6) is 0 Å². The number of rotatable bonds is 5. The van der Waals surface area contributed by atoms with Crippen molar-refractivity contribution in [3.8, 4) is 0 Å². The zero-order valence-corrected chi connectivity index (χ0v) is 13.4. The fraction of sp³-hybridized carbons (Fsp3) is 0.562. The number of hydrogen-bond donors (Lipinski definition) is 2. The van der Waals surface area contributed by atoms with Crippen LogP contribution in [0.1, 0.15) is 42.4 Å². The molecule has 0 aromatic carbocycles. The van der Waals surface area contributed by atoms with Gasteiger partial charge in [-0.2, -0.15) is 5.10 Å². The molecule has 0 aliphatic carbocycles. The molecule has 1 aliphatic rings. The maximum Gasteiger partial charge on any atom is 0.252 e. The average molecular weight is 301 g/mol. The van der Waals surface area contributed by atoms with E-state index in [1.165, 1.54) is 0 Å². The Morgan fingerprint density at radius 1 is 1.55 bits per heavy atom. The van der Waals surface area contributed by atoms with Crippen LogP contribution in [-0.2, 0) is 0 Å². The Morgan fingerprint density at radius 2 is 2.32 bits per heavy atom. The van der Waals surface area contributed by atoms with Crippen molar-refractivity contribution in [1.29, 1.82) is 0 Å². The molecular formula is C16H23N5O. The standard InChI is InChI=1S/C16H23N5O/c1-4-11(3)21-15-14(9-19-21)13(5-10(2)20-15)16(22)18-8-12-6-17-7-12/h5,9,11-12,17H,4,6-8H2,1-3H3,(H,18,22). The number of carbonyl (C=O) groups is 1. The van der Waals surface area contributed by atoms with Crippen LogP contribution in [0.15, 0.2) is 12.3 Å². The van der Waals surface area contributed by atoms with Crippen LogP contribution >= 0.6 is 0 Å². The lowest BCUT2D eigenvalue weighted by atomic mass is 10.0. The first kappa shape index (κ1) is 15.0. The van der Waals surface area contributed by atoms with Gasteiger partial charge in [-0.15, -0.1) is 0 Å². The van der Waals surface area contributed by atoms with Crippen molar-refractivity contribution in [2.45, 2.75) is 33.2 Å². The lowest BCUT2D eigenvalue weighted by Crippen LogP contribution is -2.48. The first-order chi connectivity index (χ1) is 10.6. The summed E-state index contributed by atoms with van der Waals surface area (Å²) in [4.78, 5) is 17.1. The Balaban J connectivity index is 1.91. The lowest BCUT2D eigenvalue weighted by molar-refractivity contribution is 0.0943. The second-order valence-electron chi connectivity index (χ2n) is 6.13. The van der Waals surface area contributed by atoms with E-state index in [1.807, 2.05) is 17.7 Å². The third-order valence-corrected chi connectivity index (χ3v) is 4.37. The van der Waals surface area contributed by atoms with Crippen molar-refractivity contribution in [2.75, 3.05) is 19.6 Å². The van der Waals surface area contributed by atoms with E-state index in [0.717, 1.165) is 36.2 Å². The summed E-state index contributed by atoms with van der Waals surface area (Å²) in [7, 11) is 0. The minimum absolute atomic E-state index is 0.0360. The third-order valence-electron chi connectivity index (χ3n) is 4.37. The molecule has 6 nitrogen and oxygen atoms in total. The van der Waals surface area contributed by atoms with Crippen molar-refractivity contribution >= 4 is 16.9 Å². The number of pyridine rings is 1. The molecule has 22 heavy (non-hydrogen) atoms. The number of amides is 1. The number of carbonyl (C=O) groups excluding carboxylic acids is 1. The van der Waals surface area contributed by atoms with E-state index in [9.17, 15) is 4.79 Å². The molecule has 2 aromatic rings. The van der Waals surface area contributed by atoms with E-state index in [1.54, 1.807) is 6.20 Å². The normalized spacial score (nSPS) is 16.5. The van der Waals surface area contributed by atoms with E-state index in [4.69, 9.17) is 0 Å². The molecule has 0 spiro atoms. The van der Waals surface area contributed by atoms with Gasteiger partial charge in [0.2, 0.25) is 0 Å². The summed E-state index contributed by atoms with van der Waals surface area (Å²) >= 11 is 0. The van der Waals surface area contributed by atoms with Crippen molar-refractivity contribution < 1.29 is 4.79 Å². The maximum absolute atomic E-state index is 12.5. The van der Waals surface area contributed by atoms with Crippen LogP contribution in [0, 0.1) is 12.8 Å². The van der Waals surface area contributed by atoms with Gasteiger partial charge in [-0.05, 0) is 26.3 Å². The minimum Gasteiger partial charge on any atom is -0.352 e. The molecule has 6 heteroatoms. The Hall–Kier alpha value is -1.95. The van der Waals surface area contributed by atoms with Gasteiger partial charge >= 0.3 is 0 Å². The molecule has 1 fully saturated rings. The quantitative estimate of drug-likeness (QED) is 0.881. The van der Waals surface area contributed by atoms with Crippen molar-refractivity contribution in [2.24, 2.45) is 5.92 Å². The van der Waals surface area contributed by atoms with Crippen molar-refractivity contribution in [3.05, 3.63) is 23.5 Å². The Bertz CT molecular complexity index is 689. The van der Waals surface area contributed by atoms with Gasteiger partial charge in [-0.25, -0.2) is 9.67 Å². The van der Waals surface area contributed by atoms with Crippen LogP contribution in [0.25, 0.3) is 11.0 Å².